The van der Waals surface area contributed by atoms with E-state index in [2.05, 4.69) is 4.98 Å². The zero-order valence-corrected chi connectivity index (χ0v) is 10.6. The monoisotopic (exact) mass is 289 g/mol. The van der Waals surface area contributed by atoms with Crippen LogP contribution in [-0.4, -0.2) is 16.1 Å². The van der Waals surface area contributed by atoms with Crippen molar-refractivity contribution in [2.75, 3.05) is 0 Å². The van der Waals surface area contributed by atoms with Crippen molar-refractivity contribution in [1.82, 2.24) is 4.98 Å². The van der Waals surface area contributed by atoms with Crippen molar-refractivity contribution in [2.24, 2.45) is 0 Å². The maximum absolute atomic E-state index is 13.2. The lowest BCUT2D eigenvalue weighted by Crippen LogP contribution is -1.94. The number of aromatic carboxylic acids is 1. The molecule has 2 N–H and O–H groups in total. The van der Waals surface area contributed by atoms with E-state index in [9.17, 15) is 13.6 Å². The summed E-state index contributed by atoms with van der Waals surface area (Å²) in [4.78, 5) is 13.7. The molecule has 0 amide bonds. The molecule has 0 radical (unpaired) electrons. The molecule has 0 bridgehead atoms. The number of aromatic amines is 1. The summed E-state index contributed by atoms with van der Waals surface area (Å²) in [5.74, 6) is -2.30. The number of carboxylic acid groups (broad SMARTS) is 1. The SMILES string of the molecule is O=C(O)c1cc2c(Oc3cc(F)cc(F)c3)cccc2[nH]1. The highest BCUT2D eigenvalue weighted by atomic mass is 19.1. The fourth-order valence-corrected chi connectivity index (χ4v) is 2.05. The second-order valence-corrected chi connectivity index (χ2v) is 4.41. The molecule has 0 saturated carbocycles. The highest BCUT2D eigenvalue weighted by Crippen LogP contribution is 2.31. The molecule has 2 aromatic carbocycles. The number of ether oxygens (including phenoxy) is 1. The second-order valence-electron chi connectivity index (χ2n) is 4.41. The average Bonchev–Trinajstić information content (AvgIpc) is 2.82. The van der Waals surface area contributed by atoms with Crippen LogP contribution in [0.4, 0.5) is 8.78 Å². The van der Waals surface area contributed by atoms with Crippen LogP contribution >= 0.6 is 0 Å². The third kappa shape index (κ3) is 2.55. The van der Waals surface area contributed by atoms with Crippen LogP contribution in [0.3, 0.4) is 0 Å². The van der Waals surface area contributed by atoms with E-state index in [0.717, 1.165) is 18.2 Å². The summed E-state index contributed by atoms with van der Waals surface area (Å²) in [6.07, 6.45) is 0. The van der Waals surface area contributed by atoms with Gasteiger partial charge < -0.3 is 14.8 Å². The van der Waals surface area contributed by atoms with Gasteiger partial charge in [0.2, 0.25) is 0 Å². The molecule has 0 fully saturated rings. The summed E-state index contributed by atoms with van der Waals surface area (Å²) in [5, 5.41) is 9.48. The quantitative estimate of drug-likeness (QED) is 0.767. The minimum Gasteiger partial charge on any atom is -0.477 e. The molecule has 0 aliphatic rings. The number of benzene rings is 2. The third-order valence-electron chi connectivity index (χ3n) is 2.92. The van der Waals surface area contributed by atoms with Crippen LogP contribution in [0.5, 0.6) is 11.5 Å². The van der Waals surface area contributed by atoms with Crippen LogP contribution in [0, 0.1) is 11.6 Å². The molecule has 0 saturated heterocycles. The van der Waals surface area contributed by atoms with Crippen LogP contribution < -0.4 is 4.74 Å². The molecule has 0 spiro atoms. The molecular formula is C15H9F2NO3. The van der Waals surface area contributed by atoms with Crippen LogP contribution in [0.1, 0.15) is 10.5 Å². The van der Waals surface area contributed by atoms with Crippen LogP contribution in [-0.2, 0) is 0 Å². The van der Waals surface area contributed by atoms with Gasteiger partial charge in [-0.25, -0.2) is 13.6 Å². The zero-order valence-electron chi connectivity index (χ0n) is 10.6. The molecule has 1 aromatic heterocycles. The lowest BCUT2D eigenvalue weighted by atomic mass is 10.2. The van der Waals surface area contributed by atoms with Crippen LogP contribution in [0.2, 0.25) is 0 Å². The Morgan fingerprint density at radius 3 is 2.48 bits per heavy atom. The highest BCUT2D eigenvalue weighted by molar-refractivity contribution is 5.96. The first-order valence-corrected chi connectivity index (χ1v) is 6.02. The molecule has 21 heavy (non-hydrogen) atoms. The van der Waals surface area contributed by atoms with Gasteiger partial charge >= 0.3 is 5.97 Å². The van der Waals surface area contributed by atoms with Gasteiger partial charge in [-0.05, 0) is 18.2 Å². The summed E-state index contributed by atoms with van der Waals surface area (Å²) < 4.78 is 31.8. The Bertz CT molecular complexity index is 822. The number of fused-ring (bicyclic) bond motifs is 1. The van der Waals surface area contributed by atoms with E-state index in [1.165, 1.54) is 6.07 Å². The largest absolute Gasteiger partial charge is 0.477 e. The number of hydrogen-bond acceptors (Lipinski definition) is 2. The molecular weight excluding hydrogens is 280 g/mol. The van der Waals surface area contributed by atoms with E-state index in [1.807, 2.05) is 0 Å². The number of rotatable bonds is 3. The summed E-state index contributed by atoms with van der Waals surface area (Å²) in [5.41, 5.74) is 0.563. The molecule has 106 valence electrons. The molecule has 0 atom stereocenters. The third-order valence-corrected chi connectivity index (χ3v) is 2.92. The van der Waals surface area contributed by atoms with Crippen molar-refractivity contribution in [3.05, 3.63) is 59.8 Å². The lowest BCUT2D eigenvalue weighted by molar-refractivity contribution is 0.0691. The van der Waals surface area contributed by atoms with Crippen molar-refractivity contribution in [1.29, 1.82) is 0 Å². The Hall–Kier alpha value is -2.89. The Kier molecular flexibility index (Phi) is 3.06. The highest BCUT2D eigenvalue weighted by Gasteiger charge is 2.12. The van der Waals surface area contributed by atoms with Crippen molar-refractivity contribution in [2.45, 2.75) is 0 Å². The molecule has 6 heteroatoms. The van der Waals surface area contributed by atoms with Gasteiger partial charge in [0.25, 0.3) is 0 Å². The Labute approximate surface area is 117 Å². The minimum absolute atomic E-state index is 0.00178. The van der Waals surface area contributed by atoms with E-state index >= 15 is 0 Å². The van der Waals surface area contributed by atoms with Crippen LogP contribution in [0.25, 0.3) is 10.9 Å². The first-order chi connectivity index (χ1) is 10.0. The van der Waals surface area contributed by atoms with E-state index < -0.39 is 17.6 Å². The molecule has 3 rings (SSSR count). The second kappa shape index (κ2) is 4.90. The molecule has 0 unspecified atom stereocenters. The van der Waals surface area contributed by atoms with Gasteiger partial charge in [-0.1, -0.05) is 6.07 Å². The van der Waals surface area contributed by atoms with Gasteiger partial charge in [0, 0.05) is 29.1 Å². The van der Waals surface area contributed by atoms with Crippen LogP contribution in [0.15, 0.2) is 42.5 Å². The van der Waals surface area contributed by atoms with Crippen molar-refractivity contribution in [3.63, 3.8) is 0 Å². The first-order valence-electron chi connectivity index (χ1n) is 6.02. The molecule has 0 aliphatic heterocycles. The molecule has 3 aromatic rings. The maximum Gasteiger partial charge on any atom is 0.352 e. The number of nitrogens with one attached hydrogen (secondary N) is 1. The van der Waals surface area contributed by atoms with Gasteiger partial charge in [-0.3, -0.25) is 0 Å². The van der Waals surface area contributed by atoms with Crippen molar-refractivity contribution >= 4 is 16.9 Å². The summed E-state index contributed by atoms with van der Waals surface area (Å²) in [6.45, 7) is 0. The Morgan fingerprint density at radius 1 is 1.10 bits per heavy atom. The van der Waals surface area contributed by atoms with E-state index in [4.69, 9.17) is 9.84 Å². The number of hydrogen-bond donors (Lipinski definition) is 2. The predicted octanol–water partition coefficient (Wildman–Crippen LogP) is 3.94. The van der Waals surface area contributed by atoms with Gasteiger partial charge in [0.1, 0.15) is 28.8 Å². The summed E-state index contributed by atoms with van der Waals surface area (Å²) >= 11 is 0. The normalized spacial score (nSPS) is 10.8. The fourth-order valence-electron chi connectivity index (χ4n) is 2.05. The van der Waals surface area contributed by atoms with Crippen molar-refractivity contribution in [3.8, 4) is 11.5 Å². The van der Waals surface area contributed by atoms with Crippen molar-refractivity contribution < 1.29 is 23.4 Å². The topological polar surface area (TPSA) is 62.3 Å². The molecule has 4 nitrogen and oxygen atoms in total. The first kappa shape index (κ1) is 13.1. The predicted molar refractivity (Wildman–Crippen MR) is 71.7 cm³/mol. The Balaban J connectivity index is 2.05. The van der Waals surface area contributed by atoms with E-state index in [0.29, 0.717) is 16.7 Å². The zero-order chi connectivity index (χ0) is 15.0. The number of aromatic nitrogens is 1. The van der Waals surface area contributed by atoms with Gasteiger partial charge in [0.15, 0.2) is 0 Å². The standard InChI is InChI=1S/C15H9F2NO3/c16-8-4-9(17)6-10(5-8)21-14-3-1-2-12-11(14)7-13(18-12)15(19)20/h1-7,18H,(H,19,20). The smallest absolute Gasteiger partial charge is 0.352 e. The average molecular weight is 289 g/mol. The summed E-state index contributed by atoms with van der Waals surface area (Å²) in [6, 6.07) is 9.16. The van der Waals surface area contributed by atoms with E-state index in [1.54, 1.807) is 18.2 Å². The number of H-pyrrole nitrogens is 1. The maximum atomic E-state index is 13.2. The fraction of sp³-hybridized carbons (Fsp3) is 0. The molecule has 0 aliphatic carbocycles. The Morgan fingerprint density at radius 2 is 1.81 bits per heavy atom. The number of halogens is 2. The summed E-state index contributed by atoms with van der Waals surface area (Å²) in [7, 11) is 0. The number of carboxylic acids is 1. The van der Waals surface area contributed by atoms with Gasteiger partial charge in [-0.15, -0.1) is 0 Å². The lowest BCUT2D eigenvalue weighted by Gasteiger charge is -2.07. The van der Waals surface area contributed by atoms with Gasteiger partial charge in [0.05, 0.1) is 0 Å². The minimum atomic E-state index is -1.10. The van der Waals surface area contributed by atoms with E-state index in [-0.39, 0.29) is 11.4 Å². The number of carbonyl (C=O) groups is 1. The molecule has 1 heterocycles. The van der Waals surface area contributed by atoms with Gasteiger partial charge in [-0.2, -0.15) is 0 Å².